The highest BCUT2D eigenvalue weighted by atomic mass is 35.5. The summed E-state index contributed by atoms with van der Waals surface area (Å²) in [6.07, 6.45) is 3.73. The van der Waals surface area contributed by atoms with Crippen LogP contribution in [-0.4, -0.2) is 10.1 Å². The van der Waals surface area contributed by atoms with Crippen molar-refractivity contribution in [2.45, 2.75) is 25.2 Å². The van der Waals surface area contributed by atoms with Crippen LogP contribution in [0.15, 0.2) is 18.2 Å². The van der Waals surface area contributed by atoms with Gasteiger partial charge in [0.2, 0.25) is 0 Å². The Balaban J connectivity index is 2.19. The molecule has 0 amide bonds. The van der Waals surface area contributed by atoms with E-state index in [1.165, 1.54) is 19.3 Å². The van der Waals surface area contributed by atoms with Crippen molar-refractivity contribution in [3.63, 3.8) is 0 Å². The molecule has 1 aliphatic rings. The average Bonchev–Trinajstić information content (AvgIpc) is 2.43. The van der Waals surface area contributed by atoms with Gasteiger partial charge in [0.25, 0.3) is 0 Å². The van der Waals surface area contributed by atoms with Crippen LogP contribution in [0.3, 0.4) is 0 Å². The van der Waals surface area contributed by atoms with E-state index in [2.05, 4.69) is 4.98 Å². The molecule has 0 aliphatic heterocycles. The first-order valence-electron chi connectivity index (χ1n) is 5.26. The molecule has 3 heteroatoms. The molecule has 2 aromatic rings. The molecule has 0 saturated heterocycles. The van der Waals surface area contributed by atoms with Crippen LogP contribution in [0.4, 0.5) is 0 Å². The molecule has 78 valence electrons. The van der Waals surface area contributed by atoms with Crippen LogP contribution < -0.4 is 0 Å². The molecule has 15 heavy (non-hydrogen) atoms. The minimum Gasteiger partial charge on any atom is -0.508 e. The predicted molar refractivity (Wildman–Crippen MR) is 61.6 cm³/mol. The van der Waals surface area contributed by atoms with Gasteiger partial charge in [-0.25, -0.2) is 0 Å². The van der Waals surface area contributed by atoms with Gasteiger partial charge >= 0.3 is 0 Å². The molecule has 0 radical (unpaired) electrons. The van der Waals surface area contributed by atoms with E-state index in [9.17, 15) is 5.11 Å². The lowest BCUT2D eigenvalue weighted by Gasteiger charge is -2.24. The molecule has 2 nitrogen and oxygen atoms in total. The maximum absolute atomic E-state index is 9.40. The second-order valence-corrected chi connectivity index (χ2v) is 4.59. The van der Waals surface area contributed by atoms with Gasteiger partial charge in [0.1, 0.15) is 5.75 Å². The Kier molecular flexibility index (Phi) is 1.93. The largest absolute Gasteiger partial charge is 0.508 e. The Labute approximate surface area is 92.9 Å². The van der Waals surface area contributed by atoms with E-state index in [0.717, 1.165) is 21.6 Å². The highest BCUT2D eigenvalue weighted by molar-refractivity contribution is 6.36. The van der Waals surface area contributed by atoms with Gasteiger partial charge in [-0.2, -0.15) is 0 Å². The molecular formula is C12H12ClNO. The van der Waals surface area contributed by atoms with E-state index < -0.39 is 0 Å². The van der Waals surface area contributed by atoms with Gasteiger partial charge in [-0.1, -0.05) is 18.0 Å². The van der Waals surface area contributed by atoms with Crippen molar-refractivity contribution >= 4 is 22.5 Å². The molecule has 1 saturated carbocycles. The molecule has 1 aromatic carbocycles. The predicted octanol–water partition coefficient (Wildman–Crippen LogP) is 3.79. The van der Waals surface area contributed by atoms with Crippen molar-refractivity contribution in [1.82, 2.24) is 4.98 Å². The zero-order valence-electron chi connectivity index (χ0n) is 8.26. The summed E-state index contributed by atoms with van der Waals surface area (Å²) in [5.41, 5.74) is 2.16. The van der Waals surface area contributed by atoms with Gasteiger partial charge in [0.05, 0.1) is 5.02 Å². The SMILES string of the molecule is Oc1ccc2[nH]c(C3CCC3)c(Cl)c2c1. The first-order valence-corrected chi connectivity index (χ1v) is 5.63. The fourth-order valence-electron chi connectivity index (χ4n) is 2.15. The lowest BCUT2D eigenvalue weighted by molar-refractivity contribution is 0.413. The second kappa shape index (κ2) is 3.17. The summed E-state index contributed by atoms with van der Waals surface area (Å²) in [4.78, 5) is 3.35. The van der Waals surface area contributed by atoms with Crippen LogP contribution in [-0.2, 0) is 0 Å². The normalized spacial score (nSPS) is 16.9. The second-order valence-electron chi connectivity index (χ2n) is 4.21. The number of aromatic amines is 1. The Bertz CT molecular complexity index is 514. The van der Waals surface area contributed by atoms with Gasteiger partial charge in [-0.05, 0) is 31.0 Å². The molecule has 0 spiro atoms. The van der Waals surface area contributed by atoms with Crippen molar-refractivity contribution in [1.29, 1.82) is 0 Å². The van der Waals surface area contributed by atoms with E-state index >= 15 is 0 Å². The average molecular weight is 222 g/mol. The van der Waals surface area contributed by atoms with Crippen LogP contribution in [0.25, 0.3) is 10.9 Å². The number of rotatable bonds is 1. The van der Waals surface area contributed by atoms with Gasteiger partial charge in [-0.15, -0.1) is 0 Å². The monoisotopic (exact) mass is 221 g/mol. The third-order valence-corrected chi connectivity index (χ3v) is 3.67. The molecule has 1 aliphatic carbocycles. The number of hydrogen-bond donors (Lipinski definition) is 2. The Morgan fingerprint density at radius 3 is 2.80 bits per heavy atom. The molecule has 1 fully saturated rings. The molecule has 1 aromatic heterocycles. The molecule has 3 rings (SSSR count). The molecule has 0 atom stereocenters. The lowest BCUT2D eigenvalue weighted by atomic mass is 9.83. The number of hydrogen-bond acceptors (Lipinski definition) is 1. The van der Waals surface area contributed by atoms with E-state index in [0.29, 0.717) is 5.92 Å². The fraction of sp³-hybridized carbons (Fsp3) is 0.333. The quantitative estimate of drug-likeness (QED) is 0.755. The van der Waals surface area contributed by atoms with Crippen molar-refractivity contribution in [2.75, 3.05) is 0 Å². The maximum atomic E-state index is 9.40. The van der Waals surface area contributed by atoms with Gasteiger partial charge in [0, 0.05) is 22.5 Å². The van der Waals surface area contributed by atoms with E-state index in [-0.39, 0.29) is 5.75 Å². The molecule has 2 N–H and O–H groups in total. The first kappa shape index (κ1) is 9.10. The van der Waals surface area contributed by atoms with Gasteiger partial charge < -0.3 is 10.1 Å². The zero-order valence-corrected chi connectivity index (χ0v) is 9.01. The van der Waals surface area contributed by atoms with Crippen molar-refractivity contribution in [3.8, 4) is 5.75 Å². The number of halogens is 1. The van der Waals surface area contributed by atoms with E-state index in [1.54, 1.807) is 12.1 Å². The minimum atomic E-state index is 0.267. The summed E-state index contributed by atoms with van der Waals surface area (Å²) in [5.74, 6) is 0.857. The Morgan fingerprint density at radius 1 is 1.33 bits per heavy atom. The van der Waals surface area contributed by atoms with E-state index in [1.807, 2.05) is 6.07 Å². The Hall–Kier alpha value is -1.15. The summed E-state index contributed by atoms with van der Waals surface area (Å²) in [7, 11) is 0. The van der Waals surface area contributed by atoms with Crippen LogP contribution in [0, 0.1) is 0 Å². The number of aromatic hydroxyl groups is 1. The first-order chi connectivity index (χ1) is 7.25. The number of fused-ring (bicyclic) bond motifs is 1. The lowest BCUT2D eigenvalue weighted by Crippen LogP contribution is -2.09. The van der Waals surface area contributed by atoms with Crippen LogP contribution in [0.5, 0.6) is 5.75 Å². The molecule has 0 bridgehead atoms. The van der Waals surface area contributed by atoms with Gasteiger partial charge in [0.15, 0.2) is 0 Å². The number of H-pyrrole nitrogens is 1. The number of nitrogens with one attached hydrogen (secondary N) is 1. The number of phenolic OH excluding ortho intramolecular Hbond substituents is 1. The maximum Gasteiger partial charge on any atom is 0.116 e. The minimum absolute atomic E-state index is 0.267. The highest BCUT2D eigenvalue weighted by Gasteiger charge is 2.24. The number of benzene rings is 1. The molecular weight excluding hydrogens is 210 g/mol. The van der Waals surface area contributed by atoms with E-state index in [4.69, 9.17) is 11.6 Å². The van der Waals surface area contributed by atoms with Crippen molar-refractivity contribution in [3.05, 3.63) is 28.9 Å². The topological polar surface area (TPSA) is 36.0 Å². The smallest absolute Gasteiger partial charge is 0.116 e. The van der Waals surface area contributed by atoms with Crippen LogP contribution in [0.1, 0.15) is 30.9 Å². The fourth-order valence-corrected chi connectivity index (χ4v) is 2.50. The van der Waals surface area contributed by atoms with Crippen molar-refractivity contribution in [2.24, 2.45) is 0 Å². The summed E-state index contributed by atoms with van der Waals surface area (Å²) < 4.78 is 0. The highest BCUT2D eigenvalue weighted by Crippen LogP contribution is 2.42. The summed E-state index contributed by atoms with van der Waals surface area (Å²) in [5, 5.41) is 11.1. The third kappa shape index (κ3) is 1.32. The number of aromatic nitrogens is 1. The molecule has 0 unspecified atom stereocenters. The summed E-state index contributed by atoms with van der Waals surface area (Å²) in [6, 6.07) is 5.27. The molecule has 1 heterocycles. The van der Waals surface area contributed by atoms with Gasteiger partial charge in [-0.3, -0.25) is 0 Å². The zero-order chi connectivity index (χ0) is 10.4. The number of phenols is 1. The summed E-state index contributed by atoms with van der Waals surface area (Å²) in [6.45, 7) is 0. The summed E-state index contributed by atoms with van der Waals surface area (Å²) >= 11 is 6.29. The third-order valence-electron chi connectivity index (χ3n) is 3.26. The van der Waals surface area contributed by atoms with Crippen molar-refractivity contribution < 1.29 is 5.11 Å². The standard InChI is InChI=1S/C12H12ClNO/c13-11-9-6-8(15)4-5-10(9)14-12(11)7-2-1-3-7/h4-7,14-15H,1-3H2. The van der Waals surface area contributed by atoms with Crippen LogP contribution in [0.2, 0.25) is 5.02 Å². The Morgan fingerprint density at radius 2 is 2.13 bits per heavy atom. The van der Waals surface area contributed by atoms with Crippen LogP contribution >= 0.6 is 11.6 Å².